The van der Waals surface area contributed by atoms with Gasteiger partial charge in [0.15, 0.2) is 0 Å². The summed E-state index contributed by atoms with van der Waals surface area (Å²) in [6.07, 6.45) is 0. The van der Waals surface area contributed by atoms with Gasteiger partial charge in [-0.25, -0.2) is 0 Å². The van der Waals surface area contributed by atoms with Crippen molar-refractivity contribution in [3.05, 3.63) is 243 Å². The molecule has 0 atom stereocenters. The van der Waals surface area contributed by atoms with Crippen molar-refractivity contribution < 1.29 is 0 Å². The van der Waals surface area contributed by atoms with Gasteiger partial charge in [0.25, 0.3) is 0 Å². The largest absolute Gasteiger partial charge is 0.310 e. The lowest BCUT2D eigenvalue weighted by Crippen LogP contribution is -2.09. The molecule has 0 radical (unpaired) electrons. The minimum Gasteiger partial charge on any atom is -0.310 e. The highest BCUT2D eigenvalue weighted by molar-refractivity contribution is 7.29. The van der Waals surface area contributed by atoms with Gasteiger partial charge < -0.3 is 9.80 Å². The molecule has 0 aliphatic heterocycles. The second kappa shape index (κ2) is 15.9. The molecule has 0 saturated heterocycles. The first-order valence-electron chi connectivity index (χ1n) is 22.4. The van der Waals surface area contributed by atoms with Crippen LogP contribution in [0.15, 0.2) is 243 Å². The Bertz CT molecular complexity index is 3900. The van der Waals surface area contributed by atoms with Crippen LogP contribution in [-0.4, -0.2) is 0 Å². The van der Waals surface area contributed by atoms with Gasteiger partial charge >= 0.3 is 0 Å². The predicted octanol–water partition coefficient (Wildman–Crippen LogP) is 19.0. The Labute approximate surface area is 391 Å². The molecular formula is C62H40N2S2. The molecule has 0 amide bonds. The highest BCUT2D eigenvalue weighted by Crippen LogP contribution is 2.47. The topological polar surface area (TPSA) is 6.48 Å². The molecule has 2 aromatic heterocycles. The van der Waals surface area contributed by atoms with Crippen molar-refractivity contribution in [1.82, 2.24) is 0 Å². The van der Waals surface area contributed by atoms with E-state index in [1.807, 2.05) is 22.7 Å². The van der Waals surface area contributed by atoms with E-state index in [2.05, 4.69) is 252 Å². The zero-order chi connectivity index (χ0) is 43.6. The molecule has 0 spiro atoms. The van der Waals surface area contributed by atoms with Crippen LogP contribution in [0.2, 0.25) is 0 Å². The van der Waals surface area contributed by atoms with E-state index in [0.29, 0.717) is 0 Å². The van der Waals surface area contributed by atoms with Gasteiger partial charge in [-0.15, -0.1) is 22.7 Å². The average molecular weight is 877 g/mol. The standard InChI is InChI=1S/C62H40N2S2/c1-5-13-41(14-6-1)43-21-27-51(28-22-43)63(49-17-9-3-10-18-49)53-31-25-45-37-56-55-33-34-58-61(62(55)66-59(56)39-47(45)35-53)57-38-46-26-32-54(36-48(46)40-60(57)65-58)64(50-19-11-4-12-20-50)52-29-23-44(24-30-52)42-15-7-2-8-16-42/h1-40H. The summed E-state index contributed by atoms with van der Waals surface area (Å²) < 4.78 is 5.31. The van der Waals surface area contributed by atoms with Crippen LogP contribution in [0.3, 0.4) is 0 Å². The molecule has 13 aromatic rings. The average Bonchev–Trinajstić information content (AvgIpc) is 3.93. The molecule has 0 unspecified atom stereocenters. The highest BCUT2D eigenvalue weighted by Gasteiger charge is 2.19. The third kappa shape index (κ3) is 6.70. The molecule has 2 nitrogen and oxygen atoms in total. The molecule has 0 aliphatic rings. The number of hydrogen-bond acceptors (Lipinski definition) is 4. The predicted molar refractivity (Wildman–Crippen MR) is 287 cm³/mol. The fourth-order valence-corrected chi connectivity index (χ4v) is 12.3. The van der Waals surface area contributed by atoms with Crippen molar-refractivity contribution in [2.24, 2.45) is 0 Å². The van der Waals surface area contributed by atoms with E-state index in [4.69, 9.17) is 0 Å². The van der Waals surface area contributed by atoms with Gasteiger partial charge in [-0.05, 0) is 147 Å². The normalized spacial score (nSPS) is 11.6. The van der Waals surface area contributed by atoms with Crippen LogP contribution in [0.1, 0.15) is 0 Å². The summed E-state index contributed by atoms with van der Waals surface area (Å²) in [6.45, 7) is 0. The van der Waals surface area contributed by atoms with E-state index >= 15 is 0 Å². The van der Waals surface area contributed by atoms with Gasteiger partial charge in [0.1, 0.15) is 0 Å². The lowest BCUT2D eigenvalue weighted by Gasteiger charge is -2.26. The molecule has 4 heteroatoms. The smallest absolute Gasteiger partial charge is 0.0468 e. The minimum atomic E-state index is 1.13. The number of nitrogens with zero attached hydrogens (tertiary/aromatic N) is 2. The summed E-state index contributed by atoms with van der Waals surface area (Å²) in [4.78, 5) is 4.72. The second-order valence-electron chi connectivity index (χ2n) is 16.9. The Morgan fingerprint density at radius 3 is 1.15 bits per heavy atom. The van der Waals surface area contributed by atoms with E-state index < -0.39 is 0 Å². The molecule has 0 fully saturated rings. The summed E-state index contributed by atoms with van der Waals surface area (Å²) in [6, 6.07) is 88.6. The van der Waals surface area contributed by atoms with E-state index in [1.165, 1.54) is 84.1 Å². The van der Waals surface area contributed by atoms with Crippen LogP contribution >= 0.6 is 22.7 Å². The number of hydrogen-bond donors (Lipinski definition) is 0. The molecule has 0 N–H and O–H groups in total. The maximum Gasteiger partial charge on any atom is 0.0468 e. The van der Waals surface area contributed by atoms with Crippen molar-refractivity contribution in [2.75, 3.05) is 9.80 Å². The zero-order valence-electron chi connectivity index (χ0n) is 35.8. The number of benzene rings is 11. The van der Waals surface area contributed by atoms with E-state index in [1.54, 1.807) is 0 Å². The lowest BCUT2D eigenvalue weighted by atomic mass is 10.0. The number of para-hydroxylation sites is 2. The van der Waals surface area contributed by atoms with Gasteiger partial charge in [0.2, 0.25) is 0 Å². The highest BCUT2D eigenvalue weighted by atomic mass is 32.1. The fraction of sp³-hybridized carbons (Fsp3) is 0. The van der Waals surface area contributed by atoms with Crippen molar-refractivity contribution in [1.29, 1.82) is 0 Å². The Morgan fingerprint density at radius 1 is 0.242 bits per heavy atom. The maximum atomic E-state index is 2.42. The van der Waals surface area contributed by atoms with E-state index in [-0.39, 0.29) is 0 Å². The summed E-state index contributed by atoms with van der Waals surface area (Å²) in [7, 11) is 0. The Balaban J connectivity index is 0.889. The van der Waals surface area contributed by atoms with Gasteiger partial charge in [-0.1, -0.05) is 140 Å². The number of fused-ring (bicyclic) bond motifs is 9. The van der Waals surface area contributed by atoms with Crippen molar-refractivity contribution in [3.63, 3.8) is 0 Å². The first kappa shape index (κ1) is 38.4. The van der Waals surface area contributed by atoms with Crippen LogP contribution in [0.25, 0.3) is 84.1 Å². The molecule has 310 valence electrons. The zero-order valence-corrected chi connectivity index (χ0v) is 37.4. The van der Waals surface area contributed by atoms with E-state index in [0.717, 1.165) is 34.1 Å². The van der Waals surface area contributed by atoms with Crippen LogP contribution in [0, 0.1) is 0 Å². The maximum absolute atomic E-state index is 2.42. The summed E-state index contributed by atoms with van der Waals surface area (Å²) in [5, 5.41) is 10.3. The number of anilines is 6. The third-order valence-electron chi connectivity index (χ3n) is 13.0. The molecule has 66 heavy (non-hydrogen) atoms. The Kier molecular flexibility index (Phi) is 9.26. The van der Waals surface area contributed by atoms with E-state index in [9.17, 15) is 0 Å². The summed E-state index contributed by atoms with van der Waals surface area (Å²) >= 11 is 3.82. The first-order chi connectivity index (χ1) is 32.7. The number of rotatable bonds is 8. The second-order valence-corrected chi connectivity index (χ2v) is 19.1. The quantitative estimate of drug-likeness (QED) is 0.150. The lowest BCUT2D eigenvalue weighted by molar-refractivity contribution is 1.29. The SMILES string of the molecule is c1ccc(-c2ccc(N(c3ccccc3)c3ccc4cc5c(cc4c3)sc3c5ccc4sc5cc6cc(N(c7ccccc7)c7ccc(-c8ccccc8)cc7)ccc6cc5c43)cc2)cc1. The molecule has 0 saturated carbocycles. The molecule has 0 bridgehead atoms. The molecule has 13 rings (SSSR count). The van der Waals surface area contributed by atoms with Gasteiger partial charge in [-0.3, -0.25) is 0 Å². The van der Waals surface area contributed by atoms with Gasteiger partial charge in [0.05, 0.1) is 0 Å². The minimum absolute atomic E-state index is 1.13. The third-order valence-corrected chi connectivity index (χ3v) is 15.3. The molecule has 11 aromatic carbocycles. The monoisotopic (exact) mass is 876 g/mol. The summed E-state index contributed by atoms with van der Waals surface area (Å²) in [5.74, 6) is 0. The van der Waals surface area contributed by atoms with Crippen LogP contribution < -0.4 is 9.80 Å². The van der Waals surface area contributed by atoms with Gasteiger partial charge in [-0.2, -0.15) is 0 Å². The Hall–Kier alpha value is -8.02. The van der Waals surface area contributed by atoms with Crippen LogP contribution in [-0.2, 0) is 0 Å². The van der Waals surface area contributed by atoms with Crippen molar-refractivity contribution >= 4 is 119 Å². The Morgan fingerprint density at radius 2 is 0.652 bits per heavy atom. The number of thiophene rings is 2. The van der Waals surface area contributed by atoms with Crippen molar-refractivity contribution in [3.8, 4) is 22.3 Å². The molecular weight excluding hydrogens is 837 g/mol. The van der Waals surface area contributed by atoms with Crippen molar-refractivity contribution in [2.45, 2.75) is 0 Å². The molecule has 0 aliphatic carbocycles. The van der Waals surface area contributed by atoms with Gasteiger partial charge in [0, 0.05) is 74.5 Å². The van der Waals surface area contributed by atoms with Crippen LogP contribution in [0.5, 0.6) is 0 Å². The molecule has 2 heterocycles. The van der Waals surface area contributed by atoms with Crippen LogP contribution in [0.4, 0.5) is 34.1 Å². The first-order valence-corrected chi connectivity index (χ1v) is 24.0. The summed E-state index contributed by atoms with van der Waals surface area (Å²) in [5.41, 5.74) is 11.6. The fourth-order valence-electron chi connectivity index (χ4n) is 9.75.